The molecule has 72 valence electrons. The Morgan fingerprint density at radius 2 is 1.86 bits per heavy atom. The number of thiophene rings is 1. The van der Waals surface area contributed by atoms with E-state index in [1.54, 1.807) is 0 Å². The van der Waals surface area contributed by atoms with E-state index in [2.05, 4.69) is 58.6 Å². The summed E-state index contributed by atoms with van der Waals surface area (Å²) in [6.07, 6.45) is 1.11. The summed E-state index contributed by atoms with van der Waals surface area (Å²) < 4.78 is 1.14. The van der Waals surface area contributed by atoms with E-state index in [9.17, 15) is 0 Å². The molecule has 0 nitrogen and oxygen atoms in total. The van der Waals surface area contributed by atoms with Gasteiger partial charge in [0.2, 0.25) is 0 Å². The van der Waals surface area contributed by atoms with E-state index in [1.807, 2.05) is 11.3 Å². The SMILES string of the molecule is CCc1ccsc1-c1ccc(Br)cc1. The maximum absolute atomic E-state index is 3.45. The highest BCUT2D eigenvalue weighted by Gasteiger charge is 2.04. The summed E-state index contributed by atoms with van der Waals surface area (Å²) in [6.45, 7) is 2.20. The minimum atomic E-state index is 1.11. The second-order valence-corrected chi connectivity index (χ2v) is 4.97. The van der Waals surface area contributed by atoms with Crippen molar-refractivity contribution in [2.45, 2.75) is 13.3 Å². The number of aryl methyl sites for hydroxylation is 1. The summed E-state index contributed by atoms with van der Waals surface area (Å²) in [4.78, 5) is 1.40. The molecule has 0 bridgehead atoms. The van der Waals surface area contributed by atoms with E-state index in [1.165, 1.54) is 16.0 Å². The van der Waals surface area contributed by atoms with Crippen LogP contribution in [0.3, 0.4) is 0 Å². The monoisotopic (exact) mass is 266 g/mol. The molecule has 0 aliphatic heterocycles. The van der Waals surface area contributed by atoms with E-state index in [-0.39, 0.29) is 0 Å². The number of hydrogen-bond donors (Lipinski definition) is 0. The van der Waals surface area contributed by atoms with Gasteiger partial charge in [-0.3, -0.25) is 0 Å². The number of rotatable bonds is 2. The van der Waals surface area contributed by atoms with Gasteiger partial charge in [0.15, 0.2) is 0 Å². The van der Waals surface area contributed by atoms with Crippen LogP contribution >= 0.6 is 27.3 Å². The molecule has 0 aliphatic rings. The van der Waals surface area contributed by atoms with Crippen molar-refractivity contribution in [1.29, 1.82) is 0 Å². The summed E-state index contributed by atoms with van der Waals surface area (Å²) in [7, 11) is 0. The Labute approximate surface area is 96.7 Å². The highest BCUT2D eigenvalue weighted by atomic mass is 79.9. The Morgan fingerprint density at radius 1 is 1.14 bits per heavy atom. The van der Waals surface area contributed by atoms with E-state index in [0.29, 0.717) is 0 Å². The van der Waals surface area contributed by atoms with Crippen molar-refractivity contribution in [3.05, 3.63) is 45.7 Å². The van der Waals surface area contributed by atoms with Crippen LogP contribution in [0.4, 0.5) is 0 Å². The summed E-state index contributed by atoms with van der Waals surface area (Å²) in [6, 6.07) is 10.7. The quantitative estimate of drug-likeness (QED) is 0.737. The van der Waals surface area contributed by atoms with Crippen molar-refractivity contribution in [1.82, 2.24) is 0 Å². The fourth-order valence-corrected chi connectivity index (χ4v) is 2.74. The maximum atomic E-state index is 3.45. The molecule has 0 aliphatic carbocycles. The zero-order chi connectivity index (χ0) is 9.97. The number of halogens is 1. The first-order valence-electron chi connectivity index (χ1n) is 4.63. The Balaban J connectivity index is 2.44. The standard InChI is InChI=1S/C12H11BrS/c1-2-9-7-8-14-12(9)10-3-5-11(13)6-4-10/h3-8H,2H2,1H3. The third-order valence-electron chi connectivity index (χ3n) is 2.23. The molecule has 0 radical (unpaired) electrons. The topological polar surface area (TPSA) is 0 Å². The summed E-state index contributed by atoms with van der Waals surface area (Å²) in [5.41, 5.74) is 2.76. The van der Waals surface area contributed by atoms with Gasteiger partial charge in [-0.15, -0.1) is 11.3 Å². The lowest BCUT2D eigenvalue weighted by atomic mass is 10.1. The second-order valence-electron chi connectivity index (χ2n) is 3.14. The van der Waals surface area contributed by atoms with Gasteiger partial charge in [0.1, 0.15) is 0 Å². The lowest BCUT2D eigenvalue weighted by Gasteiger charge is -2.01. The van der Waals surface area contributed by atoms with Crippen LogP contribution < -0.4 is 0 Å². The van der Waals surface area contributed by atoms with Gasteiger partial charge in [0, 0.05) is 9.35 Å². The number of hydrogen-bond acceptors (Lipinski definition) is 1. The molecule has 0 atom stereocenters. The first kappa shape index (κ1) is 9.94. The smallest absolute Gasteiger partial charge is 0.0374 e. The molecule has 0 amide bonds. The van der Waals surface area contributed by atoms with Gasteiger partial charge >= 0.3 is 0 Å². The van der Waals surface area contributed by atoms with Gasteiger partial charge in [-0.05, 0) is 41.1 Å². The van der Waals surface area contributed by atoms with Crippen LogP contribution in [0.25, 0.3) is 10.4 Å². The maximum Gasteiger partial charge on any atom is 0.0374 e. The van der Waals surface area contributed by atoms with E-state index in [0.717, 1.165) is 10.9 Å². The van der Waals surface area contributed by atoms with Crippen LogP contribution in [0.1, 0.15) is 12.5 Å². The van der Waals surface area contributed by atoms with E-state index >= 15 is 0 Å². The van der Waals surface area contributed by atoms with Crippen LogP contribution in [-0.2, 0) is 6.42 Å². The van der Waals surface area contributed by atoms with Gasteiger partial charge in [-0.1, -0.05) is 35.0 Å². The van der Waals surface area contributed by atoms with Crippen molar-refractivity contribution in [3.8, 4) is 10.4 Å². The lowest BCUT2D eigenvalue weighted by Crippen LogP contribution is -1.79. The number of benzene rings is 1. The predicted molar refractivity (Wildman–Crippen MR) is 66.8 cm³/mol. The average Bonchev–Trinajstić information content (AvgIpc) is 2.67. The van der Waals surface area contributed by atoms with Gasteiger partial charge in [-0.25, -0.2) is 0 Å². The van der Waals surface area contributed by atoms with Crippen molar-refractivity contribution in [2.24, 2.45) is 0 Å². The molecule has 0 saturated heterocycles. The Bertz CT molecular complexity index is 414. The average molecular weight is 267 g/mol. The molecular formula is C12H11BrS. The van der Waals surface area contributed by atoms with Gasteiger partial charge in [-0.2, -0.15) is 0 Å². The van der Waals surface area contributed by atoms with Crippen molar-refractivity contribution in [3.63, 3.8) is 0 Å². The molecule has 0 saturated carbocycles. The molecular weight excluding hydrogens is 256 g/mol. The second kappa shape index (κ2) is 4.28. The molecule has 1 aromatic carbocycles. The molecule has 0 unspecified atom stereocenters. The molecule has 1 heterocycles. The lowest BCUT2D eigenvalue weighted by molar-refractivity contribution is 1.16. The molecule has 2 aromatic rings. The van der Waals surface area contributed by atoms with Crippen LogP contribution in [0.5, 0.6) is 0 Å². The molecule has 2 rings (SSSR count). The Kier molecular flexibility index (Phi) is 3.04. The zero-order valence-corrected chi connectivity index (χ0v) is 10.4. The summed E-state index contributed by atoms with van der Waals surface area (Å²) >= 11 is 5.27. The Hall–Kier alpha value is -0.600. The van der Waals surface area contributed by atoms with Gasteiger partial charge < -0.3 is 0 Å². The summed E-state index contributed by atoms with van der Waals surface area (Å²) in [5.74, 6) is 0. The molecule has 14 heavy (non-hydrogen) atoms. The minimum absolute atomic E-state index is 1.11. The Morgan fingerprint density at radius 3 is 2.50 bits per heavy atom. The molecule has 0 spiro atoms. The molecule has 0 N–H and O–H groups in total. The molecule has 1 aromatic heterocycles. The first-order chi connectivity index (χ1) is 6.81. The fraction of sp³-hybridized carbons (Fsp3) is 0.167. The van der Waals surface area contributed by atoms with Crippen LogP contribution in [0.2, 0.25) is 0 Å². The highest BCUT2D eigenvalue weighted by molar-refractivity contribution is 9.10. The fourth-order valence-electron chi connectivity index (χ4n) is 1.47. The van der Waals surface area contributed by atoms with E-state index in [4.69, 9.17) is 0 Å². The predicted octanol–water partition coefficient (Wildman–Crippen LogP) is 4.74. The van der Waals surface area contributed by atoms with Crippen LogP contribution in [0, 0.1) is 0 Å². The molecule has 2 heteroatoms. The zero-order valence-electron chi connectivity index (χ0n) is 7.96. The first-order valence-corrected chi connectivity index (χ1v) is 6.31. The third kappa shape index (κ3) is 1.91. The minimum Gasteiger partial charge on any atom is -0.144 e. The van der Waals surface area contributed by atoms with E-state index < -0.39 is 0 Å². The van der Waals surface area contributed by atoms with Crippen molar-refractivity contribution >= 4 is 27.3 Å². The van der Waals surface area contributed by atoms with Crippen molar-refractivity contribution < 1.29 is 0 Å². The van der Waals surface area contributed by atoms with Gasteiger partial charge in [0.25, 0.3) is 0 Å². The van der Waals surface area contributed by atoms with Crippen LogP contribution in [0.15, 0.2) is 40.2 Å². The van der Waals surface area contributed by atoms with Crippen molar-refractivity contribution in [2.75, 3.05) is 0 Å². The third-order valence-corrected chi connectivity index (χ3v) is 3.77. The van der Waals surface area contributed by atoms with Crippen LogP contribution in [-0.4, -0.2) is 0 Å². The normalized spacial score (nSPS) is 10.4. The highest BCUT2D eigenvalue weighted by Crippen LogP contribution is 2.30. The largest absolute Gasteiger partial charge is 0.144 e. The molecule has 0 fully saturated rings. The summed E-state index contributed by atoms with van der Waals surface area (Å²) in [5, 5.41) is 2.16. The van der Waals surface area contributed by atoms with Gasteiger partial charge in [0.05, 0.1) is 0 Å².